The summed E-state index contributed by atoms with van der Waals surface area (Å²) in [6.45, 7) is 6.63. The zero-order chi connectivity index (χ0) is 44.0. The molecule has 2 aliphatic heterocycles. The first kappa shape index (κ1) is 44.9. The van der Waals surface area contributed by atoms with Crippen LogP contribution in [0.1, 0.15) is 67.3 Å². The van der Waals surface area contributed by atoms with Crippen molar-refractivity contribution in [3.63, 3.8) is 0 Å². The van der Waals surface area contributed by atoms with Crippen molar-refractivity contribution in [3.05, 3.63) is 151 Å². The standard InChI is InChI=1S/C50H48Cl2N4O4S2Se/c1-31-41(35-19-13-21-37(51)29-35)43(45(57)53-39(27-33-15-5-3-6-16-33)47(59)55-23-9-10-24-55)49(61-31)63-50-44(42(32(2)62-50)36-20-14-22-38(52)30-36)46(58)54-40(28-34-17-7-4-8-18-34)48(60)56-25-11-12-26-56/h3-8,13-22,29-30,39-40H,9-12,23-28H2,1-2H3,(H,53,57)(H,54,58). The number of hydrogen-bond acceptors (Lipinski definition) is 6. The summed E-state index contributed by atoms with van der Waals surface area (Å²) in [5, 5.41) is 7.51. The molecule has 4 heterocycles. The molecule has 324 valence electrons. The molecule has 0 saturated carbocycles. The maximum atomic E-state index is 15.1. The molecule has 2 N–H and O–H groups in total. The number of thiophene rings is 2. The van der Waals surface area contributed by atoms with E-state index in [0.717, 1.165) is 76.4 Å². The molecule has 0 spiro atoms. The van der Waals surface area contributed by atoms with Gasteiger partial charge in [0.1, 0.15) is 0 Å². The molecule has 2 unspecified atom stereocenters. The van der Waals surface area contributed by atoms with Gasteiger partial charge in [-0.25, -0.2) is 0 Å². The van der Waals surface area contributed by atoms with Crippen LogP contribution in [0.25, 0.3) is 22.3 Å². The molecule has 4 aromatic carbocycles. The van der Waals surface area contributed by atoms with Crippen molar-refractivity contribution in [3.8, 4) is 22.3 Å². The Bertz CT molecular complexity index is 2440. The van der Waals surface area contributed by atoms with Gasteiger partial charge in [-0.05, 0) is 0 Å². The van der Waals surface area contributed by atoms with Crippen LogP contribution in [-0.4, -0.2) is 86.6 Å². The summed E-state index contributed by atoms with van der Waals surface area (Å²) in [7, 11) is 0. The van der Waals surface area contributed by atoms with Gasteiger partial charge < -0.3 is 0 Å². The van der Waals surface area contributed by atoms with E-state index in [1.807, 2.05) is 121 Å². The van der Waals surface area contributed by atoms with Gasteiger partial charge in [0, 0.05) is 0 Å². The van der Waals surface area contributed by atoms with Gasteiger partial charge in [0.25, 0.3) is 0 Å². The molecule has 2 atom stereocenters. The number of carbonyl (C=O) groups excluding carboxylic acids is 4. The summed E-state index contributed by atoms with van der Waals surface area (Å²) in [5.41, 5.74) is 5.91. The molecule has 0 aliphatic carbocycles. The van der Waals surface area contributed by atoms with Crippen molar-refractivity contribution in [2.45, 2.75) is 64.5 Å². The number of rotatable bonds is 14. The van der Waals surface area contributed by atoms with Crippen molar-refractivity contribution in [1.29, 1.82) is 0 Å². The fourth-order valence-electron chi connectivity index (χ4n) is 8.54. The maximum absolute atomic E-state index is 15.1. The molecule has 8 nitrogen and oxygen atoms in total. The van der Waals surface area contributed by atoms with Gasteiger partial charge in [0.2, 0.25) is 0 Å². The average Bonchev–Trinajstić information content (AvgIpc) is 4.11. The van der Waals surface area contributed by atoms with Crippen LogP contribution in [0.3, 0.4) is 0 Å². The summed E-state index contributed by atoms with van der Waals surface area (Å²) in [5.74, 6) is -0.901. The number of nitrogens with one attached hydrogen (secondary N) is 2. The molecule has 2 aromatic heterocycles. The Morgan fingerprint density at radius 1 is 0.571 bits per heavy atom. The zero-order valence-corrected chi connectivity index (χ0v) is 40.0. The number of halogens is 2. The van der Waals surface area contributed by atoms with Crippen LogP contribution < -0.4 is 18.2 Å². The van der Waals surface area contributed by atoms with Crippen LogP contribution >= 0.6 is 45.9 Å². The van der Waals surface area contributed by atoms with E-state index in [-0.39, 0.29) is 23.6 Å². The molecule has 13 heteroatoms. The van der Waals surface area contributed by atoms with E-state index in [0.29, 0.717) is 60.2 Å². The van der Waals surface area contributed by atoms with Gasteiger partial charge in [-0.1, -0.05) is 0 Å². The van der Waals surface area contributed by atoms with E-state index < -0.39 is 27.0 Å². The average molecular weight is 983 g/mol. The SMILES string of the molecule is Cc1sc([Se]c2sc(C)c(-c3cccc(Cl)c3)c2C(=O)NC(Cc2ccccc2)C(=O)N2CCCC2)c(C(=O)NC(Cc2ccccc2)C(=O)N2CCCC2)c1-c1cccc(Cl)c1. The van der Waals surface area contributed by atoms with Crippen LogP contribution in [0, 0.1) is 13.8 Å². The molecule has 0 radical (unpaired) electrons. The molecule has 2 aliphatic rings. The van der Waals surface area contributed by atoms with Gasteiger partial charge in [-0.3, -0.25) is 0 Å². The van der Waals surface area contributed by atoms with Crippen molar-refractivity contribution < 1.29 is 19.2 Å². The number of aryl methyl sites for hydroxylation is 2. The minimum atomic E-state index is -0.791. The summed E-state index contributed by atoms with van der Waals surface area (Å²) in [4.78, 5) is 64.1. The number of nitrogens with zero attached hydrogens (tertiary/aromatic N) is 2. The quantitative estimate of drug-likeness (QED) is 0.107. The number of amides is 4. The van der Waals surface area contributed by atoms with E-state index in [4.69, 9.17) is 23.2 Å². The number of carbonyl (C=O) groups is 4. The molecular weight excluding hydrogens is 935 g/mol. The number of hydrogen-bond donors (Lipinski definition) is 2. The molecule has 8 rings (SSSR count). The molecule has 63 heavy (non-hydrogen) atoms. The van der Waals surface area contributed by atoms with Crippen molar-refractivity contribution in [2.24, 2.45) is 0 Å². The van der Waals surface area contributed by atoms with Crippen molar-refractivity contribution >= 4 is 92.0 Å². The molecule has 4 amide bonds. The van der Waals surface area contributed by atoms with Gasteiger partial charge in [0.15, 0.2) is 0 Å². The topological polar surface area (TPSA) is 98.8 Å². The van der Waals surface area contributed by atoms with Crippen LogP contribution in [0.2, 0.25) is 10.0 Å². The third-order valence-corrected chi connectivity index (χ3v) is 17.4. The zero-order valence-electron chi connectivity index (χ0n) is 35.1. The van der Waals surface area contributed by atoms with Crippen LogP contribution in [0.4, 0.5) is 0 Å². The Hall–Kier alpha value is -4.74. The van der Waals surface area contributed by atoms with Crippen LogP contribution in [-0.2, 0) is 22.4 Å². The number of benzene rings is 4. The normalized spacial score (nSPS) is 14.7. The first-order chi connectivity index (χ1) is 30.5. The Kier molecular flexibility index (Phi) is 14.5. The molecule has 6 aromatic rings. The summed E-state index contributed by atoms with van der Waals surface area (Å²) in [6.07, 6.45) is 4.41. The second kappa shape index (κ2) is 20.4. The van der Waals surface area contributed by atoms with E-state index in [2.05, 4.69) is 10.6 Å². The van der Waals surface area contributed by atoms with Crippen LogP contribution in [0.15, 0.2) is 109 Å². The van der Waals surface area contributed by atoms with Crippen LogP contribution in [0.5, 0.6) is 0 Å². The Balaban J connectivity index is 1.22. The predicted octanol–water partition coefficient (Wildman–Crippen LogP) is 8.65. The van der Waals surface area contributed by atoms with E-state index in [1.165, 1.54) is 22.7 Å². The predicted molar refractivity (Wildman–Crippen MR) is 258 cm³/mol. The molecule has 0 bridgehead atoms. The van der Waals surface area contributed by atoms with Gasteiger partial charge in [-0.2, -0.15) is 0 Å². The first-order valence-corrected chi connectivity index (χ1v) is 25.4. The Morgan fingerprint density at radius 2 is 0.952 bits per heavy atom. The third kappa shape index (κ3) is 10.5. The summed E-state index contributed by atoms with van der Waals surface area (Å²) >= 11 is 15.6. The van der Waals surface area contributed by atoms with Gasteiger partial charge in [-0.15, -0.1) is 0 Å². The molecule has 2 fully saturated rings. The second-order valence-corrected chi connectivity index (χ2v) is 22.6. The first-order valence-electron chi connectivity index (χ1n) is 21.3. The summed E-state index contributed by atoms with van der Waals surface area (Å²) < 4.78 is 1.61. The monoisotopic (exact) mass is 982 g/mol. The number of likely N-dealkylation sites (tertiary alicyclic amines) is 2. The fourth-order valence-corrected chi connectivity index (χ4v) is 15.6. The second-order valence-electron chi connectivity index (χ2n) is 16.0. The van der Waals surface area contributed by atoms with Crippen molar-refractivity contribution in [2.75, 3.05) is 26.2 Å². The Morgan fingerprint density at radius 3 is 1.32 bits per heavy atom. The molecular formula is C50H48Cl2N4O4S2Se. The third-order valence-electron chi connectivity index (χ3n) is 11.6. The van der Waals surface area contributed by atoms with Gasteiger partial charge >= 0.3 is 396 Å². The molecule has 2 saturated heterocycles. The van der Waals surface area contributed by atoms with Gasteiger partial charge in [0.05, 0.1) is 0 Å². The Labute approximate surface area is 393 Å². The van der Waals surface area contributed by atoms with E-state index in [1.54, 1.807) is 12.1 Å². The fraction of sp³-hybridized carbons (Fsp3) is 0.280. The summed E-state index contributed by atoms with van der Waals surface area (Å²) in [6, 6.07) is 32.9. The van der Waals surface area contributed by atoms with E-state index >= 15 is 9.59 Å². The minimum absolute atomic E-state index is 0.0967. The van der Waals surface area contributed by atoms with E-state index in [9.17, 15) is 9.59 Å². The van der Waals surface area contributed by atoms with Crippen molar-refractivity contribution in [1.82, 2.24) is 20.4 Å².